The van der Waals surface area contributed by atoms with Crippen LogP contribution in [0.15, 0.2) is 24.3 Å². The number of carbonyl (C=O) groups excluding carboxylic acids is 12. The summed E-state index contributed by atoms with van der Waals surface area (Å²) in [7, 11) is 0. The molecule has 1 atom stereocenters. The molecule has 17 heteroatoms. The normalized spacial score (nSPS) is 17.7. The molecule has 4 N–H and O–H groups in total. The molecule has 6 rings (SSSR count). The Balaban J connectivity index is -0.000000716. The second-order valence-electron chi connectivity index (χ2n) is 56.5. The summed E-state index contributed by atoms with van der Waals surface area (Å²) in [5, 5.41) is 12.1. The Morgan fingerprint density at radius 2 is 0.712 bits per heavy atom. The second-order valence-corrected chi connectivity index (χ2v) is 56.5. The standard InChI is InChI=1S/C19H33NO2.C19H39NO.C17H24O2.C15H25NO2.C12H25NO.C12H22O2.C11H23NO.C9H18O.CH4/c1-17(2,3)15(21)14-7-8-19(13-14)9-11-20(12-10-19)16(22)18(4,5)6;1-18(2,3)16-14-12-10-8-7-9-11-13-15-17(21)20-19(4,5)6;1-16(2,3)14(18)11-12-8-7-9-13(10-12)15(19)17(4,5)6;1-12(2,3)10(17)14-7-15(8-14,9-14)16-11(18)13(4,5)6;1-11(2,3)9-7-8-10(14)13-12(4,5)6;1-11(2,3)9(13)7-8-10(14)12(4,5)6;1-10(2,3)8-7-9(13)12-11(4,5)6;1-8(2,3)7(10)9(4,5)6;/h14H,7-13H2,1-6H3;7-16H2,1-6H3,(H,20,21);7-10H,11H2,1-6H3;7-9H2,1-6H3,(H,16,18);7-9H2,1-6H3,(H,13,14);7-8H2,1-6H3;7-8H2,1-6H3,(H,12,13);1-6H3;1H4. The van der Waals surface area contributed by atoms with Crippen LogP contribution in [0.5, 0.6) is 0 Å². The van der Waals surface area contributed by atoms with Gasteiger partial charge in [-0.1, -0.05) is 341 Å². The Hall–Kier alpha value is -5.74. The molecule has 1 spiro atoms. The van der Waals surface area contributed by atoms with Crippen LogP contribution in [0, 0.1) is 87.1 Å². The van der Waals surface area contributed by atoms with Crippen LogP contribution in [-0.4, -0.2) is 110 Å². The van der Waals surface area contributed by atoms with Gasteiger partial charge in [-0.25, -0.2) is 0 Å². The average molecular weight is 1860 g/mol. The maximum absolute atomic E-state index is 12.5. The summed E-state index contributed by atoms with van der Waals surface area (Å²) < 4.78 is 0. The lowest BCUT2D eigenvalue weighted by Gasteiger charge is -2.70. The maximum atomic E-state index is 12.5. The second kappa shape index (κ2) is 52.3. The molecule has 0 aromatic heterocycles. The van der Waals surface area contributed by atoms with E-state index in [0.29, 0.717) is 77.7 Å². The number of rotatable bonds is 24. The number of carbonyl (C=O) groups is 12. The number of nitrogens with zero attached hydrogens (tertiary/aromatic N) is 1. The summed E-state index contributed by atoms with van der Waals surface area (Å²) in [5.41, 5.74) is -0.385. The number of benzene rings is 1. The molecule has 1 heterocycles. The van der Waals surface area contributed by atoms with Crippen LogP contribution in [0.2, 0.25) is 0 Å². The number of unbranched alkanes of at least 4 members (excludes halogenated alkanes) is 7. The summed E-state index contributed by atoms with van der Waals surface area (Å²) in [6.07, 6.45) is 25.7. The van der Waals surface area contributed by atoms with Gasteiger partial charge in [-0.2, -0.15) is 0 Å². The fourth-order valence-corrected chi connectivity index (χ4v) is 16.1. The van der Waals surface area contributed by atoms with Gasteiger partial charge in [0.1, 0.15) is 34.7 Å². The van der Waals surface area contributed by atoms with Gasteiger partial charge in [0.15, 0.2) is 5.78 Å². The highest BCUT2D eigenvalue weighted by atomic mass is 16.2. The van der Waals surface area contributed by atoms with Gasteiger partial charge in [0.2, 0.25) is 29.5 Å². The number of nitrogens with one attached hydrogen (secondary N) is 4. The molecule has 1 aromatic rings. The van der Waals surface area contributed by atoms with E-state index in [0.717, 1.165) is 95.7 Å². The third-order valence-electron chi connectivity index (χ3n) is 23.6. The summed E-state index contributed by atoms with van der Waals surface area (Å²) in [6, 6.07) is 7.42. The zero-order valence-corrected chi connectivity index (χ0v) is 94.5. The van der Waals surface area contributed by atoms with Gasteiger partial charge in [0.25, 0.3) is 0 Å². The first-order valence-electron chi connectivity index (χ1n) is 50.3. The third kappa shape index (κ3) is 58.8. The van der Waals surface area contributed by atoms with Gasteiger partial charge in [0.05, 0.1) is 0 Å². The monoisotopic (exact) mass is 1860 g/mol. The van der Waals surface area contributed by atoms with E-state index in [1.807, 2.05) is 299 Å². The maximum Gasteiger partial charge on any atom is 0.227 e. The van der Waals surface area contributed by atoms with Crippen molar-refractivity contribution in [2.75, 3.05) is 13.1 Å². The predicted octanol–water partition coefficient (Wildman–Crippen LogP) is 28.8. The van der Waals surface area contributed by atoms with Crippen LogP contribution >= 0.6 is 0 Å². The minimum Gasteiger partial charge on any atom is -0.352 e. The molecule has 2 bridgehead atoms. The summed E-state index contributed by atoms with van der Waals surface area (Å²) >= 11 is 0. The number of piperidine rings is 1. The first kappa shape index (κ1) is 133. The van der Waals surface area contributed by atoms with Crippen LogP contribution in [0.1, 0.15) is 516 Å². The summed E-state index contributed by atoms with van der Waals surface area (Å²) in [4.78, 5) is 145. The zero-order chi connectivity index (χ0) is 104. The van der Waals surface area contributed by atoms with Gasteiger partial charge in [-0.05, 0) is 179 Å². The SMILES string of the molecule is C.CC(C)(C)C(=O)C(C)(C)C.CC(C)(C)C(=O)C1CCC2(CCN(C(=O)C(C)(C)C)CC2)C1.CC(C)(C)C(=O)CCC(=O)C(C)(C)C.CC(C)(C)C(=O)Cc1cccc(C(=O)C(C)(C)C)c1.CC(C)(C)C(=O)NC12CC(C(=O)C(C)(C)C)(C1)C2.CC(C)(C)CCC(=O)NC(C)(C)C.CC(C)(C)CCCC(=O)NC(C)(C)C.CC(C)(C)CCCCCCCCCCC(=O)NC(C)(C)C. The Kier molecular flexibility index (Phi) is 52.5. The fraction of sp³-hybridized carbons (Fsp3) is 0.843. The third-order valence-corrected chi connectivity index (χ3v) is 23.6. The highest BCUT2D eigenvalue weighted by Crippen LogP contribution is 2.69. The van der Waals surface area contributed by atoms with Crippen molar-refractivity contribution in [3.63, 3.8) is 0 Å². The van der Waals surface area contributed by atoms with Gasteiger partial charge >= 0.3 is 0 Å². The lowest BCUT2D eigenvalue weighted by atomic mass is 9.36. The van der Waals surface area contributed by atoms with Crippen molar-refractivity contribution in [3.8, 4) is 0 Å². The van der Waals surface area contributed by atoms with E-state index in [1.54, 1.807) is 0 Å². The van der Waals surface area contributed by atoms with Crippen molar-refractivity contribution < 1.29 is 57.5 Å². The minimum absolute atomic E-state index is 0. The molecule has 0 radical (unpaired) electrons. The minimum atomic E-state index is -0.396. The van der Waals surface area contributed by atoms with E-state index in [4.69, 9.17) is 0 Å². The lowest BCUT2D eigenvalue weighted by Crippen LogP contribution is -2.78. The van der Waals surface area contributed by atoms with Gasteiger partial charge < -0.3 is 26.2 Å². The molecule has 1 unspecified atom stereocenters. The first-order chi connectivity index (χ1) is 57.9. The topological polar surface area (TPSA) is 256 Å². The van der Waals surface area contributed by atoms with E-state index in [1.165, 1.54) is 51.4 Å². The van der Waals surface area contributed by atoms with Gasteiger partial charge in [-0.3, -0.25) is 57.5 Å². The number of likely N-dealkylation sites (tertiary alicyclic amines) is 1. The van der Waals surface area contributed by atoms with Crippen molar-refractivity contribution in [2.45, 2.75) is 529 Å². The van der Waals surface area contributed by atoms with Crippen molar-refractivity contribution in [2.24, 2.45) is 87.1 Å². The molecule has 770 valence electrons. The summed E-state index contributed by atoms with van der Waals surface area (Å²) in [5.74, 6) is 2.86. The fourth-order valence-electron chi connectivity index (χ4n) is 16.1. The molecule has 1 aromatic carbocycles. The van der Waals surface area contributed by atoms with Crippen LogP contribution < -0.4 is 21.3 Å². The Labute approximate surface area is 813 Å². The number of Topliss-reactive ketones (excluding diaryl/α,β-unsaturated/α-hetero) is 7. The van der Waals surface area contributed by atoms with Crippen LogP contribution in [0.3, 0.4) is 0 Å². The lowest BCUT2D eigenvalue weighted by molar-refractivity contribution is -0.189. The first-order valence-corrected chi connectivity index (χ1v) is 50.3. The van der Waals surface area contributed by atoms with Crippen molar-refractivity contribution in [1.82, 2.24) is 26.2 Å². The molecular formula is C115H213N5O12. The van der Waals surface area contributed by atoms with E-state index in [-0.39, 0.29) is 148 Å². The highest BCUT2D eigenvalue weighted by molar-refractivity contribution is 6.00. The zero-order valence-electron chi connectivity index (χ0n) is 94.5. The van der Waals surface area contributed by atoms with Crippen molar-refractivity contribution >= 4 is 70.0 Å². The van der Waals surface area contributed by atoms with E-state index < -0.39 is 5.41 Å². The van der Waals surface area contributed by atoms with Crippen LogP contribution in [0.25, 0.3) is 0 Å². The van der Waals surface area contributed by atoms with E-state index in [9.17, 15) is 57.5 Å². The highest BCUT2D eigenvalue weighted by Gasteiger charge is 2.73. The molecule has 5 amide bonds. The quantitative estimate of drug-likeness (QED) is 0.0557. The van der Waals surface area contributed by atoms with Crippen LogP contribution in [-0.2, 0) is 59.2 Å². The predicted molar refractivity (Wildman–Crippen MR) is 559 cm³/mol. The molecule has 132 heavy (non-hydrogen) atoms. The number of ketones is 7. The molecule has 5 fully saturated rings. The molecule has 1 aliphatic heterocycles. The van der Waals surface area contributed by atoms with E-state index >= 15 is 0 Å². The summed E-state index contributed by atoms with van der Waals surface area (Å²) in [6.45, 7) is 98.2. The molecule has 1 saturated heterocycles. The Bertz CT molecular complexity index is 3700. The van der Waals surface area contributed by atoms with Crippen LogP contribution in [0.4, 0.5) is 0 Å². The Morgan fingerprint density at radius 3 is 1.03 bits per heavy atom. The average Bonchev–Trinajstić information content (AvgIpc) is 0.729. The smallest absolute Gasteiger partial charge is 0.227 e. The van der Waals surface area contributed by atoms with Gasteiger partial charge in [-0.15, -0.1) is 0 Å². The molecule has 5 aliphatic rings. The van der Waals surface area contributed by atoms with Crippen molar-refractivity contribution in [3.05, 3.63) is 35.4 Å². The number of hydrogen-bond donors (Lipinski definition) is 4. The molecular weight excluding hydrogens is 1640 g/mol. The largest absolute Gasteiger partial charge is 0.352 e. The van der Waals surface area contributed by atoms with Gasteiger partial charge in [0, 0.05) is 145 Å². The van der Waals surface area contributed by atoms with E-state index in [2.05, 4.69) is 83.6 Å². The Morgan fingerprint density at radius 1 is 0.356 bits per heavy atom. The number of hydrogen-bond acceptors (Lipinski definition) is 12. The van der Waals surface area contributed by atoms with Crippen molar-refractivity contribution in [1.29, 1.82) is 0 Å². The molecule has 17 nitrogen and oxygen atoms in total. The molecule has 4 aliphatic carbocycles. The molecule has 4 saturated carbocycles. The number of amides is 5.